The number of nitrogens with two attached hydrogens (primary N) is 1. The van der Waals surface area contributed by atoms with Crippen LogP contribution in [0.5, 0.6) is 5.75 Å². The lowest BCUT2D eigenvalue weighted by Crippen LogP contribution is -2.17. The minimum absolute atomic E-state index is 0.0998. The number of carbonyl (C=O) groups excluding carboxylic acids is 1. The average Bonchev–Trinajstić information content (AvgIpc) is 3.66. The fraction of sp³-hybridized carbons (Fsp3) is 0.500. The number of hydrogen-bond donors (Lipinski definition) is 1. The van der Waals surface area contributed by atoms with Crippen molar-refractivity contribution in [3.05, 3.63) is 23.8 Å². The van der Waals surface area contributed by atoms with Gasteiger partial charge in [0.2, 0.25) is 12.4 Å². The van der Waals surface area contributed by atoms with Crippen molar-refractivity contribution in [3.63, 3.8) is 0 Å². The molecular formula is C28H42FN7O2. The van der Waals surface area contributed by atoms with Gasteiger partial charge in [-0.1, -0.05) is 20.8 Å². The predicted octanol–water partition coefficient (Wildman–Crippen LogP) is 4.05. The van der Waals surface area contributed by atoms with Gasteiger partial charge >= 0.3 is 0 Å². The van der Waals surface area contributed by atoms with E-state index in [0.29, 0.717) is 35.3 Å². The van der Waals surface area contributed by atoms with Gasteiger partial charge in [0.1, 0.15) is 0 Å². The molecule has 3 heterocycles. The van der Waals surface area contributed by atoms with E-state index in [1.54, 1.807) is 11.9 Å². The van der Waals surface area contributed by atoms with Crippen molar-refractivity contribution in [1.82, 2.24) is 29.4 Å². The molecule has 38 heavy (non-hydrogen) atoms. The Morgan fingerprint density at radius 1 is 1.13 bits per heavy atom. The van der Waals surface area contributed by atoms with E-state index in [0.717, 1.165) is 19.3 Å². The van der Waals surface area contributed by atoms with Gasteiger partial charge in [-0.3, -0.25) is 4.79 Å². The molecule has 3 aromatic rings. The molecule has 0 spiro atoms. The number of ether oxygens (including phenoxy) is 1. The zero-order chi connectivity index (χ0) is 29.1. The molecule has 1 aliphatic heterocycles. The number of terminal acetylenes is 2. The van der Waals surface area contributed by atoms with E-state index < -0.39 is 5.82 Å². The van der Waals surface area contributed by atoms with Crippen LogP contribution in [0.15, 0.2) is 12.1 Å². The second-order valence-corrected chi connectivity index (χ2v) is 7.92. The molecule has 2 N–H and O–H groups in total. The minimum Gasteiger partial charge on any atom is -0.494 e. The van der Waals surface area contributed by atoms with Crippen LogP contribution >= 0.6 is 0 Å². The summed E-state index contributed by atoms with van der Waals surface area (Å²) in [7, 11) is 3.13. The van der Waals surface area contributed by atoms with Crippen molar-refractivity contribution >= 4 is 28.9 Å². The van der Waals surface area contributed by atoms with E-state index >= 15 is 0 Å². The van der Waals surface area contributed by atoms with E-state index in [1.807, 2.05) is 13.8 Å². The summed E-state index contributed by atoms with van der Waals surface area (Å²) < 4.78 is 20.4. The molecule has 1 saturated heterocycles. The van der Waals surface area contributed by atoms with Crippen molar-refractivity contribution in [2.45, 2.75) is 52.9 Å². The Bertz CT molecular complexity index is 1130. The molecule has 1 amide bonds. The number of anilines is 1. The molecule has 9 nitrogen and oxygen atoms in total. The second kappa shape index (κ2) is 19.3. The summed E-state index contributed by atoms with van der Waals surface area (Å²) in [6.45, 7) is 10.8. The molecule has 1 fully saturated rings. The lowest BCUT2D eigenvalue weighted by molar-refractivity contribution is -0.117. The number of carbonyl (C=O) groups is 1. The van der Waals surface area contributed by atoms with Gasteiger partial charge in [-0.15, -0.1) is 30.8 Å². The zero-order valence-corrected chi connectivity index (χ0v) is 23.4. The molecule has 0 atom stereocenters. The third-order valence-corrected chi connectivity index (χ3v) is 5.60. The smallest absolute Gasteiger partial charge is 0.223 e. The van der Waals surface area contributed by atoms with Crippen molar-refractivity contribution in [1.29, 1.82) is 0 Å². The topological polar surface area (TPSA) is 102 Å². The van der Waals surface area contributed by atoms with Crippen LogP contribution in [0.25, 0.3) is 16.6 Å². The Morgan fingerprint density at radius 3 is 2.29 bits per heavy atom. The molecule has 0 saturated carbocycles. The molecule has 0 unspecified atom stereocenters. The lowest BCUT2D eigenvalue weighted by Gasteiger charge is -2.08. The number of hydrogen-bond acceptors (Lipinski definition) is 7. The number of halogens is 1. The van der Waals surface area contributed by atoms with Crippen LogP contribution < -0.4 is 10.5 Å². The van der Waals surface area contributed by atoms with Gasteiger partial charge in [0, 0.05) is 31.5 Å². The molecule has 208 valence electrons. The number of methoxy groups -OCH3 is 1. The molecule has 2 aromatic heterocycles. The number of aryl methyl sites for hydroxylation is 1. The van der Waals surface area contributed by atoms with Crippen LogP contribution in [0, 0.1) is 31.5 Å². The minimum atomic E-state index is -0.495. The van der Waals surface area contributed by atoms with Gasteiger partial charge in [-0.25, -0.2) is 14.4 Å². The Hall–Kier alpha value is -3.89. The number of amides is 1. The fourth-order valence-corrected chi connectivity index (χ4v) is 3.73. The largest absolute Gasteiger partial charge is 0.494 e. The Kier molecular flexibility index (Phi) is 17.3. The standard InChI is InChI=1S/C16H19FN6O2.C6H13N.C2H6.2C2H2/c1-22(9-24)6-4-3-5-14-20-15-10-7-11(17)13(25-2)8-12(10)19-16(18)23(15)21-14;1-2-7-5-3-4-6-7;3*1-2/h7-9H,3-6H2,1-2H3,(H2,18,19);2-6H2,1H3;1-2H3;2*1-2H. The molecule has 4 rings (SSSR count). The summed E-state index contributed by atoms with van der Waals surface area (Å²) >= 11 is 0. The van der Waals surface area contributed by atoms with Gasteiger partial charge in [0.15, 0.2) is 23.0 Å². The molecule has 10 heteroatoms. The predicted molar refractivity (Wildman–Crippen MR) is 153 cm³/mol. The quantitative estimate of drug-likeness (QED) is 0.268. The highest BCUT2D eigenvalue weighted by molar-refractivity contribution is 5.93. The maximum absolute atomic E-state index is 14.0. The normalized spacial score (nSPS) is 11.9. The number of aromatic nitrogens is 4. The summed E-state index contributed by atoms with van der Waals surface area (Å²) in [6, 6.07) is 2.82. The monoisotopic (exact) mass is 527 g/mol. The Balaban J connectivity index is 0.000000883. The first kappa shape index (κ1) is 34.1. The van der Waals surface area contributed by atoms with E-state index in [9.17, 15) is 9.18 Å². The summed E-state index contributed by atoms with van der Waals surface area (Å²) in [6.07, 6.45) is 21.9. The number of likely N-dealkylation sites (tertiary alicyclic amines) is 1. The third-order valence-electron chi connectivity index (χ3n) is 5.60. The Morgan fingerprint density at radius 2 is 1.76 bits per heavy atom. The van der Waals surface area contributed by atoms with E-state index in [1.165, 1.54) is 56.2 Å². The molecule has 1 aromatic carbocycles. The maximum Gasteiger partial charge on any atom is 0.223 e. The number of rotatable bonds is 8. The van der Waals surface area contributed by atoms with Crippen molar-refractivity contribution in [2.24, 2.45) is 0 Å². The maximum atomic E-state index is 14.0. The SMILES string of the molecule is C#C.C#C.CC.CCN1CCCC1.COc1cc2nc(N)n3nc(CCCCN(C)C=O)nc3c2cc1F. The van der Waals surface area contributed by atoms with Gasteiger partial charge in [0.05, 0.1) is 12.6 Å². The van der Waals surface area contributed by atoms with Crippen LogP contribution in [0.2, 0.25) is 0 Å². The summed E-state index contributed by atoms with van der Waals surface area (Å²) in [5, 5.41) is 4.87. The van der Waals surface area contributed by atoms with Crippen molar-refractivity contribution < 1.29 is 13.9 Å². The zero-order valence-electron chi connectivity index (χ0n) is 23.4. The molecule has 0 aliphatic carbocycles. The average molecular weight is 528 g/mol. The third kappa shape index (κ3) is 9.87. The molecule has 0 radical (unpaired) electrons. The first-order chi connectivity index (χ1) is 18.5. The van der Waals surface area contributed by atoms with Crippen LogP contribution in [0.3, 0.4) is 0 Å². The van der Waals surface area contributed by atoms with Crippen molar-refractivity contribution in [2.75, 3.05) is 46.1 Å². The molecule has 0 bridgehead atoms. The summed E-state index contributed by atoms with van der Waals surface area (Å²) in [4.78, 5) is 23.4. The van der Waals surface area contributed by atoms with E-state index in [4.69, 9.17) is 10.5 Å². The van der Waals surface area contributed by atoms with E-state index in [-0.39, 0.29) is 11.7 Å². The van der Waals surface area contributed by atoms with Crippen LogP contribution in [-0.4, -0.2) is 76.1 Å². The fourth-order valence-electron chi connectivity index (χ4n) is 3.73. The highest BCUT2D eigenvalue weighted by Crippen LogP contribution is 2.27. The Labute approximate surface area is 226 Å². The van der Waals surface area contributed by atoms with Crippen LogP contribution in [0.1, 0.15) is 52.3 Å². The molecule has 1 aliphatic rings. The molecular weight excluding hydrogens is 485 g/mol. The van der Waals surface area contributed by atoms with Crippen LogP contribution in [0.4, 0.5) is 10.3 Å². The van der Waals surface area contributed by atoms with Crippen molar-refractivity contribution in [3.8, 4) is 31.4 Å². The number of benzene rings is 1. The van der Waals surface area contributed by atoms with Gasteiger partial charge in [-0.2, -0.15) is 4.52 Å². The number of nitrogens with zero attached hydrogens (tertiary/aromatic N) is 6. The van der Waals surface area contributed by atoms with E-state index in [2.05, 4.69) is 52.6 Å². The number of unbranched alkanes of at least 4 members (excludes halogenated alkanes) is 1. The first-order valence-corrected chi connectivity index (χ1v) is 12.7. The number of fused-ring (bicyclic) bond motifs is 3. The van der Waals surface area contributed by atoms with Crippen LogP contribution in [-0.2, 0) is 11.2 Å². The van der Waals surface area contributed by atoms with Gasteiger partial charge in [-0.05, 0) is 51.4 Å². The van der Waals surface area contributed by atoms with Gasteiger partial charge in [0.25, 0.3) is 0 Å². The highest BCUT2D eigenvalue weighted by Gasteiger charge is 2.15. The highest BCUT2D eigenvalue weighted by atomic mass is 19.1. The summed E-state index contributed by atoms with van der Waals surface area (Å²) in [5.74, 6) is 0.384. The lowest BCUT2D eigenvalue weighted by atomic mass is 10.2. The van der Waals surface area contributed by atoms with Gasteiger partial charge < -0.3 is 20.3 Å². The first-order valence-electron chi connectivity index (χ1n) is 12.7. The summed E-state index contributed by atoms with van der Waals surface area (Å²) in [5.41, 5.74) is 6.90. The second-order valence-electron chi connectivity index (χ2n) is 7.92. The number of nitrogen functional groups attached to an aromatic ring is 1.